The SMILES string of the molecule is O=C([C@@H]1C[C@H]1c1ccc(OC(F)(F)F)cc1)N1CCCS(=O)(=O)CC1. The molecule has 1 aliphatic carbocycles. The quantitative estimate of drug-likeness (QED) is 0.811. The van der Waals surface area contributed by atoms with Crippen molar-refractivity contribution in [1.29, 1.82) is 0 Å². The first-order chi connectivity index (χ1) is 11.6. The van der Waals surface area contributed by atoms with E-state index in [9.17, 15) is 26.4 Å². The van der Waals surface area contributed by atoms with E-state index in [4.69, 9.17) is 0 Å². The van der Waals surface area contributed by atoms with Gasteiger partial charge in [0.2, 0.25) is 5.91 Å². The van der Waals surface area contributed by atoms with Gasteiger partial charge in [0.1, 0.15) is 5.75 Å². The topological polar surface area (TPSA) is 63.7 Å². The van der Waals surface area contributed by atoms with Crippen molar-refractivity contribution in [2.45, 2.75) is 25.1 Å². The lowest BCUT2D eigenvalue weighted by Gasteiger charge is -2.19. The van der Waals surface area contributed by atoms with Crippen LogP contribution in [0, 0.1) is 5.92 Å². The summed E-state index contributed by atoms with van der Waals surface area (Å²) in [5.41, 5.74) is 0.787. The van der Waals surface area contributed by atoms with Crippen LogP contribution in [-0.2, 0) is 14.6 Å². The molecule has 0 aromatic heterocycles. The minimum Gasteiger partial charge on any atom is -0.406 e. The summed E-state index contributed by atoms with van der Waals surface area (Å²) in [6.07, 6.45) is -3.66. The van der Waals surface area contributed by atoms with Crippen LogP contribution in [0.5, 0.6) is 5.75 Å². The van der Waals surface area contributed by atoms with Crippen molar-refractivity contribution in [1.82, 2.24) is 4.90 Å². The molecular weight excluding hydrogens is 359 g/mol. The molecule has 1 saturated carbocycles. The van der Waals surface area contributed by atoms with Gasteiger partial charge in [-0.25, -0.2) is 8.42 Å². The Kier molecular flexibility index (Phi) is 4.70. The molecule has 5 nitrogen and oxygen atoms in total. The lowest BCUT2D eigenvalue weighted by molar-refractivity contribution is -0.274. The molecule has 9 heteroatoms. The summed E-state index contributed by atoms with van der Waals surface area (Å²) < 4.78 is 63.5. The predicted molar refractivity (Wildman–Crippen MR) is 83.8 cm³/mol. The van der Waals surface area contributed by atoms with Crippen molar-refractivity contribution in [3.05, 3.63) is 29.8 Å². The van der Waals surface area contributed by atoms with Crippen LogP contribution in [0.3, 0.4) is 0 Å². The summed E-state index contributed by atoms with van der Waals surface area (Å²) >= 11 is 0. The number of ether oxygens (including phenoxy) is 1. The molecule has 0 radical (unpaired) electrons. The number of rotatable bonds is 3. The Labute approximate surface area is 143 Å². The highest BCUT2D eigenvalue weighted by Gasteiger charge is 2.46. The number of sulfone groups is 1. The molecule has 1 aromatic carbocycles. The second-order valence-electron chi connectivity index (χ2n) is 6.40. The summed E-state index contributed by atoms with van der Waals surface area (Å²) in [6.45, 7) is 0.641. The maximum Gasteiger partial charge on any atom is 0.573 e. The molecule has 1 aromatic rings. The van der Waals surface area contributed by atoms with Crippen molar-refractivity contribution in [3.63, 3.8) is 0 Å². The summed E-state index contributed by atoms with van der Waals surface area (Å²) in [5, 5.41) is 0. The number of halogens is 3. The van der Waals surface area contributed by atoms with Crippen LogP contribution < -0.4 is 4.74 Å². The summed E-state index contributed by atoms with van der Waals surface area (Å²) in [4.78, 5) is 14.1. The lowest BCUT2D eigenvalue weighted by atomic mass is 10.1. The van der Waals surface area contributed by atoms with E-state index in [2.05, 4.69) is 4.74 Å². The number of alkyl halides is 3. The molecule has 0 spiro atoms. The van der Waals surface area contributed by atoms with Gasteiger partial charge in [-0.1, -0.05) is 12.1 Å². The van der Waals surface area contributed by atoms with E-state index in [-0.39, 0.29) is 41.5 Å². The van der Waals surface area contributed by atoms with Crippen molar-refractivity contribution in [2.75, 3.05) is 24.6 Å². The van der Waals surface area contributed by atoms with Crippen LogP contribution in [-0.4, -0.2) is 50.2 Å². The maximum atomic E-state index is 12.5. The first-order valence-electron chi connectivity index (χ1n) is 7.99. The average molecular weight is 377 g/mol. The van der Waals surface area contributed by atoms with E-state index in [1.165, 1.54) is 24.3 Å². The van der Waals surface area contributed by atoms with Gasteiger partial charge in [-0.15, -0.1) is 13.2 Å². The Bertz CT molecular complexity index is 746. The van der Waals surface area contributed by atoms with E-state index in [1.54, 1.807) is 4.90 Å². The normalized spacial score (nSPS) is 26.0. The molecule has 0 bridgehead atoms. The first-order valence-corrected chi connectivity index (χ1v) is 9.82. The molecule has 0 N–H and O–H groups in total. The number of nitrogens with zero attached hydrogens (tertiary/aromatic N) is 1. The zero-order chi connectivity index (χ0) is 18.2. The molecule has 1 amide bonds. The molecule has 2 atom stereocenters. The molecule has 25 heavy (non-hydrogen) atoms. The predicted octanol–water partition coefficient (Wildman–Crippen LogP) is 2.34. The monoisotopic (exact) mass is 377 g/mol. The Morgan fingerprint density at radius 3 is 2.44 bits per heavy atom. The van der Waals surface area contributed by atoms with Crippen LogP contribution in [0.1, 0.15) is 24.3 Å². The zero-order valence-corrected chi connectivity index (χ0v) is 14.1. The third-order valence-electron chi connectivity index (χ3n) is 4.52. The van der Waals surface area contributed by atoms with Gasteiger partial charge in [0.05, 0.1) is 11.5 Å². The third-order valence-corrected chi connectivity index (χ3v) is 6.23. The smallest absolute Gasteiger partial charge is 0.406 e. The molecule has 138 valence electrons. The fourth-order valence-corrected chi connectivity index (χ4v) is 4.42. The van der Waals surface area contributed by atoms with E-state index < -0.39 is 16.2 Å². The van der Waals surface area contributed by atoms with Crippen molar-refractivity contribution in [3.8, 4) is 5.75 Å². The standard InChI is InChI=1S/C16H18F3NO4S/c17-16(18,19)24-12-4-2-11(3-5-12)13-10-14(13)15(21)20-6-1-8-25(22,23)9-7-20/h2-5,13-14H,1,6-10H2/t13-,14+/m0/s1. The summed E-state index contributed by atoms with van der Waals surface area (Å²) in [6, 6.07) is 5.54. The number of carbonyl (C=O) groups excluding carboxylic acids is 1. The molecule has 1 heterocycles. The fraction of sp³-hybridized carbons (Fsp3) is 0.562. The second-order valence-corrected chi connectivity index (χ2v) is 8.70. The Balaban J connectivity index is 1.59. The summed E-state index contributed by atoms with van der Waals surface area (Å²) in [7, 11) is -3.08. The van der Waals surface area contributed by atoms with Crippen LogP contribution in [0.4, 0.5) is 13.2 Å². The minimum absolute atomic E-state index is 0.0143. The van der Waals surface area contributed by atoms with Crippen LogP contribution >= 0.6 is 0 Å². The van der Waals surface area contributed by atoms with Crippen molar-refractivity contribution in [2.24, 2.45) is 5.92 Å². The van der Waals surface area contributed by atoms with Gasteiger partial charge in [0.15, 0.2) is 9.84 Å². The molecule has 2 fully saturated rings. The molecule has 1 saturated heterocycles. The highest BCUT2D eigenvalue weighted by Crippen LogP contribution is 2.48. The van der Waals surface area contributed by atoms with Crippen molar-refractivity contribution >= 4 is 15.7 Å². The molecule has 0 unspecified atom stereocenters. The maximum absolute atomic E-state index is 12.5. The third kappa shape index (κ3) is 4.65. The molecule has 3 rings (SSSR count). The van der Waals surface area contributed by atoms with Gasteiger partial charge in [-0.3, -0.25) is 4.79 Å². The lowest BCUT2D eigenvalue weighted by Crippen LogP contribution is -2.35. The Hall–Kier alpha value is -1.77. The van der Waals surface area contributed by atoms with Crippen LogP contribution in [0.25, 0.3) is 0 Å². The number of hydrogen-bond acceptors (Lipinski definition) is 4. The summed E-state index contributed by atoms with van der Waals surface area (Å²) in [5.74, 6) is -0.539. The second kappa shape index (κ2) is 6.51. The molecule has 2 aliphatic rings. The number of carbonyl (C=O) groups is 1. The van der Waals surface area contributed by atoms with Gasteiger partial charge < -0.3 is 9.64 Å². The van der Waals surface area contributed by atoms with E-state index >= 15 is 0 Å². The number of amides is 1. The number of benzene rings is 1. The molecular formula is C16H18F3NO4S. The van der Waals surface area contributed by atoms with E-state index in [0.29, 0.717) is 19.4 Å². The molecule has 1 aliphatic heterocycles. The Morgan fingerprint density at radius 1 is 1.12 bits per heavy atom. The zero-order valence-electron chi connectivity index (χ0n) is 13.3. The minimum atomic E-state index is -4.73. The average Bonchev–Trinajstić information content (AvgIpc) is 3.30. The van der Waals surface area contributed by atoms with Crippen LogP contribution in [0.2, 0.25) is 0 Å². The first kappa shape index (κ1) is 18.0. The fourth-order valence-electron chi connectivity index (χ4n) is 3.15. The van der Waals surface area contributed by atoms with Gasteiger partial charge in [0, 0.05) is 19.0 Å². The van der Waals surface area contributed by atoms with E-state index in [0.717, 1.165) is 5.56 Å². The van der Waals surface area contributed by atoms with Gasteiger partial charge in [0.25, 0.3) is 0 Å². The highest BCUT2D eigenvalue weighted by atomic mass is 32.2. The van der Waals surface area contributed by atoms with E-state index in [1.807, 2.05) is 0 Å². The van der Waals surface area contributed by atoms with Crippen molar-refractivity contribution < 1.29 is 31.1 Å². The van der Waals surface area contributed by atoms with Gasteiger partial charge in [-0.05, 0) is 36.5 Å². The van der Waals surface area contributed by atoms with Crippen LogP contribution in [0.15, 0.2) is 24.3 Å². The van der Waals surface area contributed by atoms with Gasteiger partial charge >= 0.3 is 6.36 Å². The largest absolute Gasteiger partial charge is 0.573 e. The van der Waals surface area contributed by atoms with Gasteiger partial charge in [-0.2, -0.15) is 0 Å². The highest BCUT2D eigenvalue weighted by molar-refractivity contribution is 7.91. The Morgan fingerprint density at radius 2 is 1.80 bits per heavy atom. The number of hydrogen-bond donors (Lipinski definition) is 0.